The van der Waals surface area contributed by atoms with Crippen LogP contribution < -0.4 is 0 Å². The number of alkyl halides is 1. The summed E-state index contributed by atoms with van der Waals surface area (Å²) in [6.45, 7) is 5.57. The van der Waals surface area contributed by atoms with Crippen LogP contribution in [0.25, 0.3) is 0 Å². The van der Waals surface area contributed by atoms with Crippen molar-refractivity contribution < 1.29 is 4.79 Å². The van der Waals surface area contributed by atoms with Gasteiger partial charge in [-0.1, -0.05) is 6.92 Å². The van der Waals surface area contributed by atoms with E-state index in [1.165, 1.54) is 0 Å². The van der Waals surface area contributed by atoms with Crippen molar-refractivity contribution in [2.24, 2.45) is 0 Å². The molecular weight excluding hydrogens is 236 g/mol. The van der Waals surface area contributed by atoms with Crippen LogP contribution in [-0.4, -0.2) is 54.3 Å². The Kier molecular flexibility index (Phi) is 6.90. The summed E-state index contributed by atoms with van der Waals surface area (Å²) >= 11 is 5.61. The number of hydrogen-bond acceptors (Lipinski definition) is 2. The normalized spacial score (nSPS) is 18.3. The van der Waals surface area contributed by atoms with Crippen LogP contribution in [0.3, 0.4) is 0 Å². The fraction of sp³-hybridized carbons (Fsp3) is 0.923. The van der Waals surface area contributed by atoms with E-state index in [9.17, 15) is 4.79 Å². The number of nitrogens with zero attached hydrogens (tertiary/aromatic N) is 2. The molecule has 1 heterocycles. The first-order chi connectivity index (χ1) is 8.19. The van der Waals surface area contributed by atoms with Gasteiger partial charge in [-0.15, -0.1) is 11.6 Å². The van der Waals surface area contributed by atoms with Crippen LogP contribution >= 0.6 is 11.6 Å². The Hall–Kier alpha value is -0.280. The van der Waals surface area contributed by atoms with Crippen molar-refractivity contribution in [3.8, 4) is 0 Å². The van der Waals surface area contributed by atoms with E-state index in [1.54, 1.807) is 0 Å². The van der Waals surface area contributed by atoms with Crippen molar-refractivity contribution in [2.75, 3.05) is 32.6 Å². The average Bonchev–Trinajstić information content (AvgIpc) is 2.38. The number of carbonyl (C=O) groups is 1. The summed E-state index contributed by atoms with van der Waals surface area (Å²) in [4.78, 5) is 16.3. The summed E-state index contributed by atoms with van der Waals surface area (Å²) in [5.74, 6) is 0.941. The van der Waals surface area contributed by atoms with Gasteiger partial charge in [0, 0.05) is 38.5 Å². The maximum Gasteiger partial charge on any atom is 0.222 e. The summed E-state index contributed by atoms with van der Waals surface area (Å²) in [6, 6.07) is 0.446. The highest BCUT2D eigenvalue weighted by atomic mass is 35.5. The zero-order valence-electron chi connectivity index (χ0n) is 11.1. The maximum absolute atomic E-state index is 11.9. The van der Waals surface area contributed by atoms with E-state index >= 15 is 0 Å². The van der Waals surface area contributed by atoms with E-state index in [-0.39, 0.29) is 5.91 Å². The summed E-state index contributed by atoms with van der Waals surface area (Å²) in [5.41, 5.74) is 0. The first-order valence-corrected chi connectivity index (χ1v) is 7.26. The number of hydrogen-bond donors (Lipinski definition) is 0. The van der Waals surface area contributed by atoms with Gasteiger partial charge >= 0.3 is 0 Å². The van der Waals surface area contributed by atoms with Gasteiger partial charge in [0.2, 0.25) is 5.91 Å². The molecule has 0 aromatic carbocycles. The van der Waals surface area contributed by atoms with Gasteiger partial charge in [0.05, 0.1) is 0 Å². The van der Waals surface area contributed by atoms with Gasteiger partial charge in [-0.2, -0.15) is 0 Å². The zero-order valence-corrected chi connectivity index (χ0v) is 11.9. The summed E-state index contributed by atoms with van der Waals surface area (Å²) < 4.78 is 0. The SMILES string of the molecule is CCN1CCC(N(C)C(=O)CCCCCl)CC1. The third kappa shape index (κ3) is 4.84. The smallest absolute Gasteiger partial charge is 0.222 e. The Morgan fingerprint density at radius 3 is 2.53 bits per heavy atom. The molecule has 0 bridgehead atoms. The van der Waals surface area contributed by atoms with Gasteiger partial charge in [0.25, 0.3) is 0 Å². The molecule has 1 saturated heterocycles. The largest absolute Gasteiger partial charge is 0.343 e. The van der Waals surface area contributed by atoms with Crippen LogP contribution in [0.15, 0.2) is 0 Å². The lowest BCUT2D eigenvalue weighted by Crippen LogP contribution is -2.45. The van der Waals surface area contributed by atoms with Crippen LogP contribution in [0.5, 0.6) is 0 Å². The highest BCUT2D eigenvalue weighted by Gasteiger charge is 2.24. The lowest BCUT2D eigenvalue weighted by Gasteiger charge is -2.36. The molecule has 1 fully saturated rings. The number of amides is 1. The maximum atomic E-state index is 11.9. The van der Waals surface area contributed by atoms with Gasteiger partial charge in [0.15, 0.2) is 0 Å². The number of likely N-dealkylation sites (tertiary alicyclic amines) is 1. The van der Waals surface area contributed by atoms with Gasteiger partial charge in [-0.25, -0.2) is 0 Å². The van der Waals surface area contributed by atoms with Gasteiger partial charge in [-0.05, 0) is 32.2 Å². The standard InChI is InChI=1S/C13H25ClN2O/c1-3-16-10-7-12(8-11-16)15(2)13(17)6-4-5-9-14/h12H,3-11H2,1-2H3. The van der Waals surface area contributed by atoms with Crippen molar-refractivity contribution in [1.82, 2.24) is 9.80 Å². The van der Waals surface area contributed by atoms with Crippen LogP contribution in [0.1, 0.15) is 39.0 Å². The summed E-state index contributed by atoms with van der Waals surface area (Å²) in [6.07, 6.45) is 4.74. The molecule has 3 nitrogen and oxygen atoms in total. The molecule has 0 N–H and O–H groups in total. The van der Waals surface area contributed by atoms with Gasteiger partial charge < -0.3 is 9.80 Å². The molecular formula is C13H25ClN2O. The van der Waals surface area contributed by atoms with E-state index < -0.39 is 0 Å². The molecule has 17 heavy (non-hydrogen) atoms. The molecule has 1 aliphatic heterocycles. The molecule has 100 valence electrons. The van der Waals surface area contributed by atoms with Crippen LogP contribution in [0.2, 0.25) is 0 Å². The number of halogens is 1. The third-order valence-electron chi connectivity index (χ3n) is 3.72. The third-order valence-corrected chi connectivity index (χ3v) is 3.99. The molecule has 1 aliphatic rings. The minimum atomic E-state index is 0.282. The fourth-order valence-corrected chi connectivity index (χ4v) is 2.56. The second kappa shape index (κ2) is 7.93. The van der Waals surface area contributed by atoms with Crippen molar-refractivity contribution in [3.63, 3.8) is 0 Å². The van der Waals surface area contributed by atoms with Crippen LogP contribution in [-0.2, 0) is 4.79 Å². The lowest BCUT2D eigenvalue weighted by molar-refractivity contribution is -0.132. The van der Waals surface area contributed by atoms with Crippen molar-refractivity contribution >= 4 is 17.5 Å². The number of carbonyl (C=O) groups excluding carboxylic acids is 1. The zero-order chi connectivity index (χ0) is 12.7. The Balaban J connectivity index is 2.27. The molecule has 0 aromatic heterocycles. The monoisotopic (exact) mass is 260 g/mol. The first-order valence-electron chi connectivity index (χ1n) is 6.73. The first kappa shape index (κ1) is 14.8. The van der Waals surface area contributed by atoms with Crippen LogP contribution in [0, 0.1) is 0 Å². The molecule has 0 saturated carbocycles. The quantitative estimate of drug-likeness (QED) is 0.541. The Labute approximate surface area is 110 Å². The molecule has 0 radical (unpaired) electrons. The highest BCUT2D eigenvalue weighted by Crippen LogP contribution is 2.16. The predicted molar refractivity (Wildman–Crippen MR) is 72.5 cm³/mol. The molecule has 0 aromatic rings. The van der Waals surface area contributed by atoms with E-state index in [2.05, 4.69) is 11.8 Å². The highest BCUT2D eigenvalue weighted by molar-refractivity contribution is 6.17. The molecule has 1 rings (SSSR count). The Morgan fingerprint density at radius 1 is 1.35 bits per heavy atom. The predicted octanol–water partition coefficient (Wildman–Crippen LogP) is 2.34. The van der Waals surface area contributed by atoms with E-state index in [1.807, 2.05) is 11.9 Å². The average molecular weight is 261 g/mol. The Bertz CT molecular complexity index is 227. The second-order valence-electron chi connectivity index (χ2n) is 4.82. The molecule has 0 spiro atoms. The topological polar surface area (TPSA) is 23.6 Å². The molecule has 0 atom stereocenters. The van der Waals surface area contributed by atoms with Crippen molar-refractivity contribution in [3.05, 3.63) is 0 Å². The molecule has 1 amide bonds. The minimum absolute atomic E-state index is 0.282. The van der Waals surface area contributed by atoms with E-state index in [4.69, 9.17) is 11.6 Å². The van der Waals surface area contributed by atoms with Crippen molar-refractivity contribution in [1.29, 1.82) is 0 Å². The van der Waals surface area contributed by atoms with Crippen LogP contribution in [0.4, 0.5) is 0 Å². The van der Waals surface area contributed by atoms with E-state index in [0.29, 0.717) is 18.3 Å². The molecule has 0 aliphatic carbocycles. The minimum Gasteiger partial charge on any atom is -0.343 e. The number of piperidine rings is 1. The number of unbranched alkanes of at least 4 members (excludes halogenated alkanes) is 1. The van der Waals surface area contributed by atoms with E-state index in [0.717, 1.165) is 45.3 Å². The number of rotatable bonds is 6. The van der Waals surface area contributed by atoms with Crippen molar-refractivity contribution in [2.45, 2.75) is 45.1 Å². The molecule has 0 unspecified atom stereocenters. The molecule has 4 heteroatoms. The lowest BCUT2D eigenvalue weighted by atomic mass is 10.0. The summed E-state index contributed by atoms with van der Waals surface area (Å²) in [7, 11) is 1.95. The summed E-state index contributed by atoms with van der Waals surface area (Å²) in [5, 5.41) is 0. The Morgan fingerprint density at radius 2 is 2.00 bits per heavy atom. The second-order valence-corrected chi connectivity index (χ2v) is 5.19. The van der Waals surface area contributed by atoms with Gasteiger partial charge in [-0.3, -0.25) is 4.79 Å². The van der Waals surface area contributed by atoms with Gasteiger partial charge in [0.1, 0.15) is 0 Å². The fourth-order valence-electron chi connectivity index (χ4n) is 2.37.